The summed E-state index contributed by atoms with van der Waals surface area (Å²) in [6.45, 7) is 14.4. The Kier molecular flexibility index (Phi) is 9.60. The predicted octanol–water partition coefficient (Wildman–Crippen LogP) is 8.25. The summed E-state index contributed by atoms with van der Waals surface area (Å²) in [4.78, 5) is 48.1. The number of aryl methyl sites for hydroxylation is 2. The van der Waals surface area contributed by atoms with Gasteiger partial charge in [0, 0.05) is 60.4 Å². The average molecular weight is 926 g/mol. The van der Waals surface area contributed by atoms with Crippen LogP contribution in [0.15, 0.2) is 96.1 Å². The molecule has 2 fully saturated rings. The molecule has 15 nitrogen and oxygen atoms in total. The number of hydrogen-bond donors (Lipinski definition) is 1. The van der Waals surface area contributed by atoms with Crippen molar-refractivity contribution >= 4 is 32.6 Å². The SMILES string of the molecule is CC1=Cc2cc(-n3ccn(-c4c5c(nn4-c4cc(C)c(F)c(C)c4)CCN(C(=O)c4cc6cc([C@H]7CCOC(C)(C)C7)ccc6n4[C@@]4(c6noc(=O)[nH]6)C[C@@H]4C)[C@H]5C)c3=O)ccc2S(C)(=O)=N1. The number of fused-ring (bicyclic) bond motifs is 3. The molecule has 0 radical (unpaired) electrons. The van der Waals surface area contributed by atoms with Gasteiger partial charge in [-0.05, 0) is 150 Å². The average Bonchev–Trinajstić information content (AvgIpc) is 3.77. The highest BCUT2D eigenvalue weighted by Crippen LogP contribution is 2.56. The van der Waals surface area contributed by atoms with Crippen LogP contribution in [0.2, 0.25) is 0 Å². The number of carbonyl (C=O) groups is 1. The highest BCUT2D eigenvalue weighted by atomic mass is 32.2. The molecule has 3 aromatic carbocycles. The van der Waals surface area contributed by atoms with Gasteiger partial charge in [-0.1, -0.05) is 18.1 Å². The van der Waals surface area contributed by atoms with Gasteiger partial charge < -0.3 is 14.2 Å². The Morgan fingerprint density at radius 2 is 1.70 bits per heavy atom. The summed E-state index contributed by atoms with van der Waals surface area (Å²) in [5.74, 6) is -0.153. The van der Waals surface area contributed by atoms with Crippen LogP contribution < -0.4 is 11.4 Å². The number of nitrogens with zero attached hydrogens (tertiary/aromatic N) is 8. The maximum atomic E-state index is 15.6. The summed E-state index contributed by atoms with van der Waals surface area (Å²) in [7, 11) is -2.65. The lowest BCUT2D eigenvalue weighted by Crippen LogP contribution is -2.41. The van der Waals surface area contributed by atoms with Crippen LogP contribution in [0.1, 0.15) is 116 Å². The Balaban J connectivity index is 1.05. The van der Waals surface area contributed by atoms with Crippen LogP contribution >= 0.6 is 0 Å². The molecule has 4 aromatic heterocycles. The second kappa shape index (κ2) is 15.0. The fraction of sp³-hybridized carbons (Fsp3) is 0.380. The highest BCUT2D eigenvalue weighted by molar-refractivity contribution is 7.93. The van der Waals surface area contributed by atoms with Crippen molar-refractivity contribution in [1.82, 2.24) is 38.5 Å². The maximum Gasteiger partial charge on any atom is 0.438 e. The summed E-state index contributed by atoms with van der Waals surface area (Å²) >= 11 is 0. The molecule has 0 bridgehead atoms. The van der Waals surface area contributed by atoms with Crippen molar-refractivity contribution in [2.75, 3.05) is 19.4 Å². The van der Waals surface area contributed by atoms with Gasteiger partial charge in [-0.25, -0.2) is 27.2 Å². The van der Waals surface area contributed by atoms with Crippen LogP contribution in [0.25, 0.3) is 34.2 Å². The molecule has 1 saturated carbocycles. The third-order valence-electron chi connectivity index (χ3n) is 14.5. The Labute approximate surface area is 386 Å². The second-order valence-corrected chi connectivity index (χ2v) is 21.8. The maximum absolute atomic E-state index is 15.6. The normalized spacial score (nSPS) is 24.3. The summed E-state index contributed by atoms with van der Waals surface area (Å²) < 4.78 is 50.9. The monoisotopic (exact) mass is 925 g/mol. The van der Waals surface area contributed by atoms with E-state index in [1.807, 2.05) is 34.6 Å². The lowest BCUT2D eigenvalue weighted by atomic mass is 9.83. The van der Waals surface area contributed by atoms with Crippen LogP contribution in [0.5, 0.6) is 0 Å². The lowest BCUT2D eigenvalue weighted by Gasteiger charge is -2.35. The first-order chi connectivity index (χ1) is 31.8. The van der Waals surface area contributed by atoms with Gasteiger partial charge in [-0.2, -0.15) is 5.10 Å². The number of imidazole rings is 1. The molecule has 11 rings (SSSR count). The molecule has 5 atom stereocenters. The quantitative estimate of drug-likeness (QED) is 0.167. The van der Waals surface area contributed by atoms with Gasteiger partial charge in [-0.15, -0.1) is 0 Å². The largest absolute Gasteiger partial charge is 0.438 e. The van der Waals surface area contributed by atoms with E-state index in [1.54, 1.807) is 68.4 Å². The van der Waals surface area contributed by atoms with E-state index in [0.717, 1.165) is 29.3 Å². The van der Waals surface area contributed by atoms with Crippen molar-refractivity contribution < 1.29 is 22.7 Å². The molecule has 1 saturated heterocycles. The van der Waals surface area contributed by atoms with Crippen molar-refractivity contribution in [2.45, 2.75) is 102 Å². The number of hydrogen-bond acceptors (Lipinski definition) is 9. The molecule has 67 heavy (non-hydrogen) atoms. The van der Waals surface area contributed by atoms with E-state index in [-0.39, 0.29) is 29.2 Å². The van der Waals surface area contributed by atoms with Crippen molar-refractivity contribution in [1.29, 1.82) is 0 Å². The van der Waals surface area contributed by atoms with Crippen LogP contribution in [-0.2, 0) is 26.4 Å². The zero-order valence-electron chi connectivity index (χ0n) is 38.7. The van der Waals surface area contributed by atoms with E-state index in [4.69, 9.17) is 14.4 Å². The molecule has 1 unspecified atom stereocenters. The third-order valence-corrected chi connectivity index (χ3v) is 16.3. The van der Waals surface area contributed by atoms with E-state index in [9.17, 15) is 13.8 Å². The highest BCUT2D eigenvalue weighted by Gasteiger charge is 2.59. The van der Waals surface area contributed by atoms with Gasteiger partial charge in [0.2, 0.25) is 0 Å². The van der Waals surface area contributed by atoms with E-state index < -0.39 is 32.8 Å². The molecule has 1 N–H and O–H groups in total. The number of H-pyrrole nitrogens is 1. The minimum Gasteiger partial charge on any atom is -0.376 e. The summed E-state index contributed by atoms with van der Waals surface area (Å²) in [5, 5.41) is 10.2. The molecule has 3 aliphatic heterocycles. The first kappa shape index (κ1) is 43.0. The molecule has 346 valence electrons. The number of carbonyl (C=O) groups excluding carboxylic acids is 1. The third kappa shape index (κ3) is 6.74. The smallest absolute Gasteiger partial charge is 0.376 e. The van der Waals surface area contributed by atoms with Gasteiger partial charge in [-0.3, -0.25) is 23.4 Å². The number of benzene rings is 3. The first-order valence-electron chi connectivity index (χ1n) is 22.8. The van der Waals surface area contributed by atoms with Crippen molar-refractivity contribution in [3.8, 4) is 17.2 Å². The zero-order valence-corrected chi connectivity index (χ0v) is 39.5. The van der Waals surface area contributed by atoms with Crippen LogP contribution in [0, 0.1) is 25.6 Å². The Morgan fingerprint density at radius 1 is 0.955 bits per heavy atom. The molecule has 1 amide bonds. The number of aromatic nitrogens is 7. The van der Waals surface area contributed by atoms with E-state index in [0.29, 0.717) is 87.7 Å². The van der Waals surface area contributed by atoms with Gasteiger partial charge in [0.1, 0.15) is 22.9 Å². The molecule has 17 heteroatoms. The van der Waals surface area contributed by atoms with Crippen LogP contribution in [0.4, 0.5) is 4.39 Å². The zero-order chi connectivity index (χ0) is 47.1. The van der Waals surface area contributed by atoms with Gasteiger partial charge >= 0.3 is 11.4 Å². The molecular weight excluding hydrogens is 874 g/mol. The predicted molar refractivity (Wildman–Crippen MR) is 251 cm³/mol. The molecule has 4 aliphatic rings. The number of halogens is 1. The Morgan fingerprint density at radius 3 is 2.40 bits per heavy atom. The molecule has 7 aromatic rings. The van der Waals surface area contributed by atoms with E-state index in [2.05, 4.69) is 53.5 Å². The molecule has 1 aliphatic carbocycles. The summed E-state index contributed by atoms with van der Waals surface area (Å²) in [5.41, 5.74) is 5.67. The van der Waals surface area contributed by atoms with E-state index >= 15 is 9.18 Å². The Bertz CT molecular complexity index is 3520. The fourth-order valence-corrected chi connectivity index (χ4v) is 12.7. The van der Waals surface area contributed by atoms with Crippen LogP contribution in [0.3, 0.4) is 0 Å². The van der Waals surface area contributed by atoms with Crippen LogP contribution in [-0.4, -0.2) is 73.6 Å². The number of ether oxygens (including phenoxy) is 1. The standard InChI is InChI=1S/C50H52FN9O6S/c1-27-19-37(20-28(2)43(27)51)60-44(58-17-16-57(48(58)63)36-10-12-41-35(23-36)21-30(4)55-67(41,8)64)42-31(5)56(15-13-38(42)53-60)45(61)40-24-34-22-32(33-14-18-65-49(6,7)26-33)9-11-39(34)59(40)50(25-29(50)3)46-52-47(62)66-54-46/h9-12,16-17,19-24,29,31,33H,13-15,18,25-26H2,1-8H3,(H,52,54,62)/t29-,31-,33-,50-,67?/m0/s1. The van der Waals surface area contributed by atoms with Crippen molar-refractivity contribution in [2.24, 2.45) is 10.3 Å². The van der Waals surface area contributed by atoms with Crippen molar-refractivity contribution in [3.05, 3.63) is 145 Å². The molecule has 7 heterocycles. The van der Waals surface area contributed by atoms with Gasteiger partial charge in [0.25, 0.3) is 5.91 Å². The minimum absolute atomic E-state index is 0.0105. The first-order valence-corrected chi connectivity index (χ1v) is 24.7. The lowest BCUT2D eigenvalue weighted by molar-refractivity contribution is -0.0592. The number of allylic oxidation sites excluding steroid dienone is 1. The van der Waals surface area contributed by atoms with Gasteiger partial charge in [0.05, 0.1) is 43.3 Å². The number of rotatable bonds is 7. The topological polar surface area (TPSA) is 168 Å². The number of aromatic amines is 1. The number of amides is 1. The minimum atomic E-state index is -2.65. The van der Waals surface area contributed by atoms with Crippen molar-refractivity contribution in [3.63, 3.8) is 0 Å². The fourth-order valence-electron chi connectivity index (χ4n) is 11.2. The van der Waals surface area contributed by atoms with E-state index in [1.165, 1.54) is 14.7 Å². The second-order valence-electron chi connectivity index (χ2n) is 19.6. The molecule has 0 spiro atoms. The summed E-state index contributed by atoms with van der Waals surface area (Å²) in [6.07, 6.45) is 9.56. The van der Waals surface area contributed by atoms with Gasteiger partial charge in [0.15, 0.2) is 5.82 Å². The Hall–Kier alpha value is -6.59. The summed E-state index contributed by atoms with van der Waals surface area (Å²) in [6, 6.07) is 16.5. The molecular formula is C50H52FN9O6S. The number of nitrogens with one attached hydrogen (secondary N) is 1.